The number of aliphatic hydroxyl groups is 1. The number of aliphatic hydroxyl groups excluding tert-OH is 1. The van der Waals surface area contributed by atoms with Gasteiger partial charge in [-0.1, -0.05) is 20.8 Å². The summed E-state index contributed by atoms with van der Waals surface area (Å²) in [5, 5.41) is 10.3. The number of aromatic nitrogens is 2. The van der Waals surface area contributed by atoms with Crippen LogP contribution in [0.4, 0.5) is 13.2 Å². The van der Waals surface area contributed by atoms with E-state index in [0.717, 1.165) is 0 Å². The highest BCUT2D eigenvalue weighted by Gasteiger charge is 2.28. The van der Waals surface area contributed by atoms with Crippen LogP contribution in [0.25, 0.3) is 11.0 Å². The van der Waals surface area contributed by atoms with Crippen molar-refractivity contribution in [2.75, 3.05) is 6.61 Å². The van der Waals surface area contributed by atoms with Crippen LogP contribution in [-0.4, -0.2) is 27.0 Å². The number of halogens is 3. The van der Waals surface area contributed by atoms with Crippen molar-refractivity contribution in [1.82, 2.24) is 9.55 Å². The van der Waals surface area contributed by atoms with Gasteiger partial charge in [0.15, 0.2) is 5.78 Å². The third-order valence-electron chi connectivity index (χ3n) is 5.94. The first-order valence-corrected chi connectivity index (χ1v) is 10.7. The summed E-state index contributed by atoms with van der Waals surface area (Å²) >= 11 is 0. The van der Waals surface area contributed by atoms with Crippen molar-refractivity contribution < 1.29 is 23.1 Å². The van der Waals surface area contributed by atoms with Crippen LogP contribution in [-0.2, 0) is 12.8 Å². The number of benzene rings is 1. The molecular weight excluding hydrogens is 433 g/mol. The quantitative estimate of drug-likeness (QED) is 0.542. The van der Waals surface area contributed by atoms with Crippen LogP contribution in [0.1, 0.15) is 60.9 Å². The third-order valence-corrected chi connectivity index (χ3v) is 5.94. The molecule has 0 unspecified atom stereocenters. The first-order valence-electron chi connectivity index (χ1n) is 10.7. The Morgan fingerprint density at radius 3 is 2.24 bits per heavy atom. The highest BCUT2D eigenvalue weighted by molar-refractivity contribution is 5.96. The molecule has 2 heterocycles. The van der Waals surface area contributed by atoms with E-state index in [-0.39, 0.29) is 36.0 Å². The number of ketones is 1. The van der Waals surface area contributed by atoms with Gasteiger partial charge in [0.25, 0.3) is 0 Å². The number of carbonyl (C=O) groups is 1. The molecule has 176 valence electrons. The fraction of sp³-hybridized carbons (Fsp3) is 0.400. The molecule has 0 fully saturated rings. The van der Waals surface area contributed by atoms with Crippen molar-refractivity contribution in [3.63, 3.8) is 0 Å². The molecule has 33 heavy (non-hydrogen) atoms. The van der Waals surface area contributed by atoms with E-state index >= 15 is 0 Å². The van der Waals surface area contributed by atoms with E-state index in [0.29, 0.717) is 29.0 Å². The van der Waals surface area contributed by atoms with Crippen LogP contribution >= 0.6 is 0 Å². The van der Waals surface area contributed by atoms with Gasteiger partial charge in [0, 0.05) is 29.6 Å². The fourth-order valence-electron chi connectivity index (χ4n) is 3.99. The molecule has 0 spiro atoms. The van der Waals surface area contributed by atoms with E-state index in [9.17, 15) is 27.9 Å². The summed E-state index contributed by atoms with van der Waals surface area (Å²) in [5.41, 5.74) is 0.255. The molecule has 2 aromatic heterocycles. The van der Waals surface area contributed by atoms with Crippen LogP contribution in [0.5, 0.6) is 0 Å². The topological polar surface area (TPSA) is 72.2 Å². The number of hydrogen-bond acceptors (Lipinski definition) is 4. The lowest BCUT2D eigenvalue weighted by Gasteiger charge is -2.32. The maximum Gasteiger partial charge on any atom is 0.201 e. The summed E-state index contributed by atoms with van der Waals surface area (Å²) in [5.74, 6) is -3.36. The SMILES string of the molecule is CC(=O)c1cn([C@H](CO)C(C)(C)C)c2nc(C)c(CCc3c(F)cc(F)cc3F)cc2c1=O. The summed E-state index contributed by atoms with van der Waals surface area (Å²) in [7, 11) is 0. The lowest BCUT2D eigenvalue weighted by molar-refractivity contribution is 0.101. The number of carbonyl (C=O) groups excluding carboxylic acids is 1. The summed E-state index contributed by atoms with van der Waals surface area (Å²) in [6, 6.07) is 2.38. The lowest BCUT2D eigenvalue weighted by atomic mass is 9.86. The molecule has 8 heteroatoms. The normalized spacial score (nSPS) is 12.9. The molecule has 3 rings (SSSR count). The Kier molecular flexibility index (Phi) is 6.79. The first kappa shape index (κ1) is 24.6. The minimum absolute atomic E-state index is 0.0302. The van der Waals surface area contributed by atoms with E-state index < -0.39 is 40.1 Å². The van der Waals surface area contributed by atoms with Gasteiger partial charge in [0.05, 0.1) is 23.6 Å². The van der Waals surface area contributed by atoms with Crippen molar-refractivity contribution >= 4 is 16.8 Å². The summed E-state index contributed by atoms with van der Waals surface area (Å²) in [6.45, 7) is 8.56. The third kappa shape index (κ3) is 4.85. The van der Waals surface area contributed by atoms with Crippen LogP contribution in [0.2, 0.25) is 0 Å². The van der Waals surface area contributed by atoms with Crippen molar-refractivity contribution in [2.24, 2.45) is 5.41 Å². The molecule has 0 bridgehead atoms. The van der Waals surface area contributed by atoms with Gasteiger partial charge >= 0.3 is 0 Å². The van der Waals surface area contributed by atoms with Gasteiger partial charge in [0.2, 0.25) is 5.43 Å². The van der Waals surface area contributed by atoms with E-state index in [1.807, 2.05) is 20.8 Å². The number of Topliss-reactive ketones (excluding diaryl/α,β-unsaturated/α-hetero) is 1. The number of pyridine rings is 2. The number of fused-ring (bicyclic) bond motifs is 1. The maximum atomic E-state index is 14.1. The molecule has 3 aromatic rings. The smallest absolute Gasteiger partial charge is 0.201 e. The minimum atomic E-state index is -0.994. The second-order valence-electron chi connectivity index (χ2n) is 9.35. The standard InChI is InChI=1S/C25H27F3N2O3/c1-13-15(6-7-17-20(27)9-16(26)10-21(17)28)8-18-23(33)19(14(2)32)11-30(24(18)29-13)22(12-31)25(3,4)5/h8-11,22,31H,6-7,12H2,1-5H3/t22-/m1/s1. The fourth-order valence-corrected chi connectivity index (χ4v) is 3.99. The van der Waals surface area contributed by atoms with Crippen molar-refractivity contribution in [3.8, 4) is 0 Å². The zero-order chi connectivity index (χ0) is 24.7. The molecular formula is C25H27F3N2O3. The van der Waals surface area contributed by atoms with E-state index in [4.69, 9.17) is 0 Å². The van der Waals surface area contributed by atoms with Gasteiger partial charge in [-0.3, -0.25) is 9.59 Å². The highest BCUT2D eigenvalue weighted by atomic mass is 19.1. The molecule has 1 atom stereocenters. The Morgan fingerprint density at radius 1 is 1.12 bits per heavy atom. The predicted molar refractivity (Wildman–Crippen MR) is 120 cm³/mol. The second kappa shape index (κ2) is 9.09. The molecule has 0 radical (unpaired) electrons. The average Bonchev–Trinajstić information content (AvgIpc) is 2.68. The summed E-state index contributed by atoms with van der Waals surface area (Å²) in [4.78, 5) is 29.8. The number of nitrogens with zero attached hydrogens (tertiary/aromatic N) is 2. The maximum absolute atomic E-state index is 14.1. The van der Waals surface area contributed by atoms with Crippen molar-refractivity contribution in [1.29, 1.82) is 0 Å². The Balaban J connectivity index is 2.17. The molecule has 0 aliphatic rings. The molecule has 0 saturated carbocycles. The molecule has 0 aliphatic heterocycles. The Morgan fingerprint density at radius 2 is 1.73 bits per heavy atom. The zero-order valence-electron chi connectivity index (χ0n) is 19.3. The lowest BCUT2D eigenvalue weighted by Crippen LogP contribution is -2.31. The summed E-state index contributed by atoms with van der Waals surface area (Å²) in [6.07, 6.45) is 1.53. The minimum Gasteiger partial charge on any atom is -0.394 e. The van der Waals surface area contributed by atoms with E-state index in [1.54, 1.807) is 17.6 Å². The van der Waals surface area contributed by atoms with E-state index in [1.165, 1.54) is 13.1 Å². The number of rotatable bonds is 6. The molecule has 0 amide bonds. The highest BCUT2D eigenvalue weighted by Crippen LogP contribution is 2.32. The van der Waals surface area contributed by atoms with Gasteiger partial charge in [-0.15, -0.1) is 0 Å². The Labute approximate surface area is 189 Å². The van der Waals surface area contributed by atoms with Crippen LogP contribution in [0.15, 0.2) is 29.2 Å². The number of hydrogen-bond donors (Lipinski definition) is 1. The van der Waals surface area contributed by atoms with E-state index in [2.05, 4.69) is 4.98 Å². The molecule has 1 N–H and O–H groups in total. The van der Waals surface area contributed by atoms with Gasteiger partial charge in [0.1, 0.15) is 23.1 Å². The predicted octanol–water partition coefficient (Wildman–Crippen LogP) is 4.69. The van der Waals surface area contributed by atoms with Crippen molar-refractivity contribution in [3.05, 3.63) is 74.5 Å². The summed E-state index contributed by atoms with van der Waals surface area (Å²) < 4.78 is 43.0. The van der Waals surface area contributed by atoms with Gasteiger partial charge in [-0.25, -0.2) is 18.2 Å². The molecule has 1 aromatic carbocycles. The molecule has 5 nitrogen and oxygen atoms in total. The average molecular weight is 460 g/mol. The van der Waals surface area contributed by atoms with Crippen LogP contribution in [0.3, 0.4) is 0 Å². The molecule has 0 aliphatic carbocycles. The largest absolute Gasteiger partial charge is 0.394 e. The molecule has 0 saturated heterocycles. The van der Waals surface area contributed by atoms with Crippen LogP contribution in [0, 0.1) is 29.8 Å². The zero-order valence-corrected chi connectivity index (χ0v) is 19.3. The van der Waals surface area contributed by atoms with Gasteiger partial charge in [-0.05, 0) is 43.7 Å². The van der Waals surface area contributed by atoms with Gasteiger partial charge < -0.3 is 9.67 Å². The monoisotopic (exact) mass is 460 g/mol. The number of aryl methyl sites for hydroxylation is 2. The first-order chi connectivity index (χ1) is 15.3. The van der Waals surface area contributed by atoms with Crippen LogP contribution < -0.4 is 5.43 Å². The Bertz CT molecular complexity index is 1270. The Hall–Kier alpha value is -3.00. The van der Waals surface area contributed by atoms with Crippen molar-refractivity contribution in [2.45, 2.75) is 53.5 Å². The van der Waals surface area contributed by atoms with Gasteiger partial charge in [-0.2, -0.15) is 0 Å². The second-order valence-corrected chi connectivity index (χ2v) is 9.35.